The quantitative estimate of drug-likeness (QED) is 0.0418. The topological polar surface area (TPSA) is 179 Å². The Labute approximate surface area is 328 Å². The van der Waals surface area contributed by atoms with Gasteiger partial charge in [0.1, 0.15) is 41.8 Å². The molecule has 13 nitrogen and oxygen atoms in total. The van der Waals surface area contributed by atoms with Crippen LogP contribution in [-0.2, 0) is 28.4 Å². The highest BCUT2D eigenvalue weighted by molar-refractivity contribution is 6.13. The van der Waals surface area contributed by atoms with Crippen LogP contribution in [0.2, 0.25) is 0 Å². The van der Waals surface area contributed by atoms with E-state index < -0.39 is 33.6 Å². The van der Waals surface area contributed by atoms with Gasteiger partial charge in [-0.3, -0.25) is 30.5 Å². The first-order chi connectivity index (χ1) is 27.4. The third-order valence-electron chi connectivity index (χ3n) is 9.42. The summed E-state index contributed by atoms with van der Waals surface area (Å²) in [5, 5.41) is 32.3. The van der Waals surface area contributed by atoms with Gasteiger partial charge in [0, 0.05) is 17.2 Å². The molecule has 0 aliphatic heterocycles. The van der Waals surface area contributed by atoms with Crippen LogP contribution in [0.15, 0.2) is 133 Å². The zero-order valence-electron chi connectivity index (χ0n) is 31.2. The minimum atomic E-state index is -1.45. The van der Waals surface area contributed by atoms with Gasteiger partial charge in [-0.1, -0.05) is 62.4 Å². The maximum Gasteiger partial charge on any atom is 0.336 e. The molecule has 57 heavy (non-hydrogen) atoms. The van der Waals surface area contributed by atoms with Crippen molar-refractivity contribution in [2.75, 3.05) is 10.8 Å². The minimum absolute atomic E-state index is 0.0807. The molecule has 6 aromatic rings. The lowest BCUT2D eigenvalue weighted by Gasteiger charge is -2.26. The SMILES string of the molecule is Cc1cccc(COO)c1CONc1ccc(Oc2ccc(C(C)(C)c3ccc(Oc4ccc(NC(=O)c5c(C(=O)O)cccc5[N+](=O)[O-])cc4)cc3)cc2)cc1. The van der Waals surface area contributed by atoms with E-state index >= 15 is 0 Å². The Hall–Kier alpha value is -7.06. The number of benzene rings is 6. The normalized spacial score (nSPS) is 11.1. The van der Waals surface area contributed by atoms with Crippen molar-refractivity contribution in [1.29, 1.82) is 0 Å². The number of rotatable bonds is 16. The monoisotopic (exact) mass is 769 g/mol. The second-order valence-electron chi connectivity index (χ2n) is 13.5. The molecule has 0 spiro atoms. The molecule has 0 saturated carbocycles. The van der Waals surface area contributed by atoms with Crippen LogP contribution in [0.1, 0.15) is 62.4 Å². The average molecular weight is 770 g/mol. The van der Waals surface area contributed by atoms with Crippen LogP contribution in [0.3, 0.4) is 0 Å². The van der Waals surface area contributed by atoms with Gasteiger partial charge in [-0.25, -0.2) is 9.68 Å². The summed E-state index contributed by atoms with van der Waals surface area (Å²) >= 11 is 0. The first-order valence-corrected chi connectivity index (χ1v) is 17.7. The van der Waals surface area contributed by atoms with Gasteiger partial charge in [0.25, 0.3) is 11.6 Å². The summed E-state index contributed by atoms with van der Waals surface area (Å²) in [6.45, 7) is 6.60. The van der Waals surface area contributed by atoms with Crippen LogP contribution >= 0.6 is 0 Å². The third kappa shape index (κ3) is 9.61. The number of amides is 1. The van der Waals surface area contributed by atoms with Crippen molar-refractivity contribution in [3.8, 4) is 23.0 Å². The molecule has 1 amide bonds. The van der Waals surface area contributed by atoms with E-state index in [9.17, 15) is 24.8 Å². The van der Waals surface area contributed by atoms with E-state index in [2.05, 4.69) is 29.5 Å². The average Bonchev–Trinajstić information content (AvgIpc) is 3.20. The predicted octanol–water partition coefficient (Wildman–Crippen LogP) is 10.3. The van der Waals surface area contributed by atoms with E-state index in [4.69, 9.17) is 19.6 Å². The van der Waals surface area contributed by atoms with Gasteiger partial charge in [0.05, 0.1) is 16.2 Å². The summed E-state index contributed by atoms with van der Waals surface area (Å²) < 4.78 is 12.1. The zero-order valence-corrected chi connectivity index (χ0v) is 31.2. The lowest BCUT2D eigenvalue weighted by molar-refractivity contribution is -0.385. The van der Waals surface area contributed by atoms with Crippen LogP contribution in [-0.4, -0.2) is 27.2 Å². The predicted molar refractivity (Wildman–Crippen MR) is 213 cm³/mol. The second kappa shape index (κ2) is 17.6. The van der Waals surface area contributed by atoms with Gasteiger partial charge < -0.3 is 19.9 Å². The molecule has 4 N–H and O–H groups in total. The minimum Gasteiger partial charge on any atom is -0.478 e. The van der Waals surface area contributed by atoms with E-state index in [1.807, 2.05) is 97.9 Å². The fourth-order valence-electron chi connectivity index (χ4n) is 6.18. The number of carboxylic acid groups (broad SMARTS) is 1. The van der Waals surface area contributed by atoms with E-state index in [0.29, 0.717) is 35.3 Å². The number of carbonyl (C=O) groups excluding carboxylic acids is 1. The first-order valence-electron chi connectivity index (χ1n) is 17.7. The summed E-state index contributed by atoms with van der Waals surface area (Å²) in [5.74, 6) is 0.0474. The molecule has 0 saturated heterocycles. The molecule has 0 aliphatic rings. The Balaban J connectivity index is 1.02. The number of nitrogens with zero attached hydrogens (tertiary/aromatic N) is 1. The summed E-state index contributed by atoms with van der Waals surface area (Å²) in [6, 6.07) is 38.6. The molecular formula is C44H39N3O10. The zero-order chi connectivity index (χ0) is 40.5. The number of hydrogen-bond acceptors (Lipinski definition) is 10. The van der Waals surface area contributed by atoms with Crippen molar-refractivity contribution in [3.63, 3.8) is 0 Å². The van der Waals surface area contributed by atoms with Gasteiger partial charge in [0.15, 0.2) is 0 Å². The highest BCUT2D eigenvalue weighted by atomic mass is 17.1. The fourth-order valence-corrected chi connectivity index (χ4v) is 6.18. The van der Waals surface area contributed by atoms with E-state index in [-0.39, 0.29) is 12.0 Å². The van der Waals surface area contributed by atoms with Gasteiger partial charge in [0.2, 0.25) is 0 Å². The van der Waals surface area contributed by atoms with Crippen LogP contribution in [0.25, 0.3) is 0 Å². The largest absolute Gasteiger partial charge is 0.478 e. The fraction of sp³-hybridized carbons (Fsp3) is 0.136. The van der Waals surface area contributed by atoms with Crippen LogP contribution in [0, 0.1) is 17.0 Å². The van der Waals surface area contributed by atoms with E-state index in [0.717, 1.165) is 45.6 Å². The third-order valence-corrected chi connectivity index (χ3v) is 9.42. The van der Waals surface area contributed by atoms with Crippen molar-refractivity contribution in [1.82, 2.24) is 0 Å². The van der Waals surface area contributed by atoms with Crippen molar-refractivity contribution < 1.29 is 44.1 Å². The van der Waals surface area contributed by atoms with Crippen molar-refractivity contribution in [3.05, 3.63) is 183 Å². The van der Waals surface area contributed by atoms with Crippen LogP contribution in [0.5, 0.6) is 23.0 Å². The molecule has 0 radical (unpaired) electrons. The standard InChI is InChI=1S/C44H39N3O10/c1-28-6-4-7-29(26-55-53)39(28)27-54-46-33-16-24-37(25-17-33)57-35-20-12-31(13-21-35)44(2,3)30-10-18-34(19-11-30)56-36-22-14-32(15-23-36)45-42(48)41-38(43(49)50)8-5-9-40(41)47(51)52/h4-25,46,53H,26-27H2,1-3H3,(H,45,48)(H,49,50). The van der Waals surface area contributed by atoms with Crippen LogP contribution < -0.4 is 20.3 Å². The molecule has 6 aromatic carbocycles. The first kappa shape index (κ1) is 39.6. The maximum atomic E-state index is 12.9. The molecule has 0 bridgehead atoms. The molecule has 0 aliphatic carbocycles. The summed E-state index contributed by atoms with van der Waals surface area (Å²) in [5.41, 5.74) is 7.00. The Morgan fingerprint density at radius 2 is 1.21 bits per heavy atom. The van der Waals surface area contributed by atoms with E-state index in [1.165, 1.54) is 6.07 Å². The smallest absolute Gasteiger partial charge is 0.336 e. The van der Waals surface area contributed by atoms with Crippen molar-refractivity contribution >= 4 is 28.9 Å². The molecule has 0 heterocycles. The Morgan fingerprint density at radius 1 is 0.702 bits per heavy atom. The molecule has 0 unspecified atom stereocenters. The van der Waals surface area contributed by atoms with Gasteiger partial charge >= 0.3 is 5.97 Å². The van der Waals surface area contributed by atoms with Gasteiger partial charge in [-0.05, 0) is 114 Å². The summed E-state index contributed by atoms with van der Waals surface area (Å²) in [4.78, 5) is 45.3. The highest BCUT2D eigenvalue weighted by Gasteiger charge is 2.27. The van der Waals surface area contributed by atoms with Gasteiger partial charge in [-0.15, -0.1) is 0 Å². The van der Waals surface area contributed by atoms with E-state index in [1.54, 1.807) is 24.3 Å². The number of nitro groups is 1. The Morgan fingerprint density at radius 3 is 1.72 bits per heavy atom. The lowest BCUT2D eigenvalue weighted by Crippen LogP contribution is -2.18. The highest BCUT2D eigenvalue weighted by Crippen LogP contribution is 2.35. The Bertz CT molecular complexity index is 2330. The molecule has 0 fully saturated rings. The Kier molecular flexibility index (Phi) is 12.2. The number of nitro benzene ring substituents is 1. The molecule has 13 heteroatoms. The second-order valence-corrected chi connectivity index (χ2v) is 13.5. The number of ether oxygens (including phenoxy) is 2. The summed E-state index contributed by atoms with van der Waals surface area (Å²) in [7, 11) is 0. The molecule has 0 aromatic heterocycles. The van der Waals surface area contributed by atoms with Crippen molar-refractivity contribution in [2.45, 2.75) is 39.4 Å². The number of nitrogens with one attached hydrogen (secondary N) is 2. The summed E-state index contributed by atoms with van der Waals surface area (Å²) in [6.07, 6.45) is 0. The van der Waals surface area contributed by atoms with Crippen molar-refractivity contribution in [2.24, 2.45) is 0 Å². The lowest BCUT2D eigenvalue weighted by atomic mass is 9.78. The number of carboxylic acids is 1. The molecule has 0 atom stereocenters. The van der Waals surface area contributed by atoms with Gasteiger partial charge in [-0.2, -0.15) is 0 Å². The number of carbonyl (C=O) groups is 2. The maximum absolute atomic E-state index is 12.9. The molecule has 6 rings (SSSR count). The molecule has 290 valence electrons. The number of aryl methyl sites for hydroxylation is 1. The number of hydrogen-bond donors (Lipinski definition) is 4. The van der Waals surface area contributed by atoms with Crippen LogP contribution in [0.4, 0.5) is 17.1 Å². The number of aromatic carboxylic acids is 1. The molecular weight excluding hydrogens is 730 g/mol. The number of anilines is 2.